The van der Waals surface area contributed by atoms with Crippen molar-refractivity contribution in [2.45, 2.75) is 39.3 Å². The summed E-state index contributed by atoms with van der Waals surface area (Å²) < 4.78 is 7.37. The molecule has 0 radical (unpaired) electrons. The Labute approximate surface area is 195 Å². The minimum atomic E-state index is 0.0655. The van der Waals surface area contributed by atoms with Gasteiger partial charge >= 0.3 is 0 Å². The third-order valence-electron chi connectivity index (χ3n) is 6.81. The molecule has 1 aliphatic carbocycles. The van der Waals surface area contributed by atoms with Crippen LogP contribution in [0.15, 0.2) is 54.6 Å². The van der Waals surface area contributed by atoms with Crippen molar-refractivity contribution in [3.8, 4) is 11.4 Å². The number of amides is 1. The summed E-state index contributed by atoms with van der Waals surface area (Å²) in [5, 5.41) is 5.08. The smallest absolute Gasteiger partial charge is 0.254 e. The van der Waals surface area contributed by atoms with Gasteiger partial charge in [-0.2, -0.15) is 5.10 Å². The quantitative estimate of drug-likeness (QED) is 0.520. The van der Waals surface area contributed by atoms with Crippen molar-refractivity contribution in [1.29, 1.82) is 0 Å². The number of carbonyl (C=O) groups excluding carboxylic acids is 1. The van der Waals surface area contributed by atoms with Crippen LogP contribution in [0, 0.1) is 5.92 Å². The molecule has 1 fully saturated rings. The van der Waals surface area contributed by atoms with Gasteiger partial charge in [0, 0.05) is 37.2 Å². The molecule has 3 aromatic rings. The minimum Gasteiger partial charge on any atom is -0.497 e. The predicted octanol–water partition coefficient (Wildman–Crippen LogP) is 4.31. The Morgan fingerprint density at radius 2 is 1.88 bits per heavy atom. The SMILES string of the molecule is CCN1CCc2c(c(CN(CC3CC3)C(=O)c3ccc(OC)cc3)nn2-c2ccccc2)C1. The fourth-order valence-corrected chi connectivity index (χ4v) is 4.65. The van der Waals surface area contributed by atoms with Gasteiger partial charge < -0.3 is 9.64 Å². The lowest BCUT2D eigenvalue weighted by Crippen LogP contribution is -2.34. The van der Waals surface area contributed by atoms with Crippen molar-refractivity contribution >= 4 is 5.91 Å². The number of benzene rings is 2. The van der Waals surface area contributed by atoms with Crippen molar-refractivity contribution < 1.29 is 9.53 Å². The molecule has 5 rings (SSSR count). The molecule has 6 heteroatoms. The van der Waals surface area contributed by atoms with E-state index in [2.05, 4.69) is 40.8 Å². The Kier molecular flexibility index (Phi) is 6.18. The highest BCUT2D eigenvalue weighted by atomic mass is 16.5. The first-order valence-corrected chi connectivity index (χ1v) is 12.0. The Morgan fingerprint density at radius 3 is 2.55 bits per heavy atom. The number of ether oxygens (including phenoxy) is 1. The zero-order valence-corrected chi connectivity index (χ0v) is 19.5. The Balaban J connectivity index is 1.48. The van der Waals surface area contributed by atoms with Gasteiger partial charge in [0.2, 0.25) is 0 Å². The predicted molar refractivity (Wildman–Crippen MR) is 129 cm³/mol. The number of carbonyl (C=O) groups is 1. The maximum Gasteiger partial charge on any atom is 0.254 e. The first-order chi connectivity index (χ1) is 16.2. The minimum absolute atomic E-state index is 0.0655. The van der Waals surface area contributed by atoms with Gasteiger partial charge in [0.05, 0.1) is 30.7 Å². The van der Waals surface area contributed by atoms with Gasteiger partial charge in [0.1, 0.15) is 5.75 Å². The molecule has 0 spiro atoms. The van der Waals surface area contributed by atoms with E-state index < -0.39 is 0 Å². The van der Waals surface area contributed by atoms with E-state index in [1.165, 1.54) is 24.1 Å². The molecule has 0 N–H and O–H groups in total. The summed E-state index contributed by atoms with van der Waals surface area (Å²) in [5.41, 5.74) is 5.37. The molecule has 1 aromatic heterocycles. The van der Waals surface area contributed by atoms with Crippen molar-refractivity contribution in [2.24, 2.45) is 5.92 Å². The van der Waals surface area contributed by atoms with E-state index in [0.717, 1.165) is 49.7 Å². The molecule has 2 heterocycles. The van der Waals surface area contributed by atoms with Crippen LogP contribution in [0.1, 0.15) is 47.1 Å². The lowest BCUT2D eigenvalue weighted by molar-refractivity contribution is 0.0731. The third-order valence-corrected chi connectivity index (χ3v) is 6.81. The topological polar surface area (TPSA) is 50.6 Å². The second-order valence-corrected chi connectivity index (χ2v) is 9.10. The second-order valence-electron chi connectivity index (χ2n) is 9.10. The van der Waals surface area contributed by atoms with Gasteiger partial charge in [-0.15, -0.1) is 0 Å². The summed E-state index contributed by atoms with van der Waals surface area (Å²) in [6.07, 6.45) is 3.37. The molecular formula is C27H32N4O2. The van der Waals surface area contributed by atoms with E-state index in [9.17, 15) is 4.79 Å². The van der Waals surface area contributed by atoms with Crippen LogP contribution >= 0.6 is 0 Å². The molecule has 0 unspecified atom stereocenters. The molecule has 1 saturated carbocycles. The fraction of sp³-hybridized carbons (Fsp3) is 0.407. The van der Waals surface area contributed by atoms with E-state index in [1.807, 2.05) is 35.2 Å². The Hall–Kier alpha value is -3.12. The largest absolute Gasteiger partial charge is 0.497 e. The number of para-hydroxylation sites is 1. The molecule has 1 amide bonds. The van der Waals surface area contributed by atoms with E-state index in [-0.39, 0.29) is 5.91 Å². The van der Waals surface area contributed by atoms with E-state index in [0.29, 0.717) is 18.0 Å². The average Bonchev–Trinajstić information content (AvgIpc) is 3.63. The molecule has 0 saturated heterocycles. The number of aromatic nitrogens is 2. The van der Waals surface area contributed by atoms with Crippen molar-refractivity contribution in [3.05, 3.63) is 77.1 Å². The highest BCUT2D eigenvalue weighted by Crippen LogP contribution is 2.32. The zero-order valence-electron chi connectivity index (χ0n) is 19.5. The van der Waals surface area contributed by atoms with Crippen LogP contribution in [0.25, 0.3) is 5.69 Å². The lowest BCUT2D eigenvalue weighted by Gasteiger charge is -2.27. The monoisotopic (exact) mass is 444 g/mol. The Bertz CT molecular complexity index is 1100. The summed E-state index contributed by atoms with van der Waals surface area (Å²) in [5.74, 6) is 1.43. The van der Waals surface area contributed by atoms with E-state index in [4.69, 9.17) is 9.84 Å². The lowest BCUT2D eigenvalue weighted by atomic mass is 10.0. The first kappa shape index (κ1) is 21.7. The number of hydrogen-bond donors (Lipinski definition) is 0. The van der Waals surface area contributed by atoms with Gasteiger partial charge in [0.25, 0.3) is 5.91 Å². The summed E-state index contributed by atoms with van der Waals surface area (Å²) in [6, 6.07) is 17.8. The van der Waals surface area contributed by atoms with Crippen LogP contribution in [0.2, 0.25) is 0 Å². The molecule has 172 valence electrons. The normalized spacial score (nSPS) is 15.8. The van der Waals surface area contributed by atoms with Crippen LogP contribution < -0.4 is 4.74 Å². The number of nitrogens with zero attached hydrogens (tertiary/aromatic N) is 4. The van der Waals surface area contributed by atoms with Gasteiger partial charge in [0.15, 0.2) is 0 Å². The molecule has 2 aromatic carbocycles. The zero-order chi connectivity index (χ0) is 22.8. The van der Waals surface area contributed by atoms with Crippen molar-refractivity contribution in [2.75, 3.05) is 26.7 Å². The molecule has 1 aliphatic heterocycles. The van der Waals surface area contributed by atoms with Crippen LogP contribution in [-0.2, 0) is 19.5 Å². The van der Waals surface area contributed by atoms with Crippen LogP contribution in [0.3, 0.4) is 0 Å². The van der Waals surface area contributed by atoms with Crippen LogP contribution in [-0.4, -0.2) is 52.2 Å². The number of methoxy groups -OCH3 is 1. The first-order valence-electron chi connectivity index (χ1n) is 12.0. The molecule has 2 aliphatic rings. The summed E-state index contributed by atoms with van der Waals surface area (Å²) in [7, 11) is 1.64. The molecule has 0 atom stereocenters. The van der Waals surface area contributed by atoms with Gasteiger partial charge in [-0.05, 0) is 61.7 Å². The third kappa shape index (κ3) is 4.67. The number of hydrogen-bond acceptors (Lipinski definition) is 4. The highest BCUT2D eigenvalue weighted by Gasteiger charge is 2.31. The van der Waals surface area contributed by atoms with Crippen LogP contribution in [0.5, 0.6) is 5.75 Å². The molecule has 6 nitrogen and oxygen atoms in total. The summed E-state index contributed by atoms with van der Waals surface area (Å²) in [6.45, 7) is 6.49. The van der Waals surface area contributed by atoms with Gasteiger partial charge in [-0.1, -0.05) is 25.1 Å². The Morgan fingerprint density at radius 1 is 1.12 bits per heavy atom. The average molecular weight is 445 g/mol. The maximum absolute atomic E-state index is 13.5. The highest BCUT2D eigenvalue weighted by molar-refractivity contribution is 5.94. The summed E-state index contributed by atoms with van der Waals surface area (Å²) in [4.78, 5) is 18.0. The molecule has 0 bridgehead atoms. The van der Waals surface area contributed by atoms with Gasteiger partial charge in [-0.25, -0.2) is 4.68 Å². The van der Waals surface area contributed by atoms with Gasteiger partial charge in [-0.3, -0.25) is 9.69 Å². The fourth-order valence-electron chi connectivity index (χ4n) is 4.65. The van der Waals surface area contributed by atoms with Crippen LogP contribution in [0.4, 0.5) is 0 Å². The molecular weight excluding hydrogens is 412 g/mol. The van der Waals surface area contributed by atoms with Crippen molar-refractivity contribution in [1.82, 2.24) is 19.6 Å². The van der Waals surface area contributed by atoms with E-state index >= 15 is 0 Å². The van der Waals surface area contributed by atoms with Crippen molar-refractivity contribution in [3.63, 3.8) is 0 Å². The maximum atomic E-state index is 13.5. The second kappa shape index (κ2) is 9.40. The summed E-state index contributed by atoms with van der Waals surface area (Å²) >= 11 is 0. The van der Waals surface area contributed by atoms with E-state index in [1.54, 1.807) is 7.11 Å². The number of rotatable bonds is 8. The number of likely N-dealkylation sites (N-methyl/N-ethyl adjacent to an activating group) is 1. The standard InChI is InChI=1S/C27H32N4O2/c1-3-29-16-15-26-24(18-29)25(28-31(26)22-7-5-4-6-8-22)19-30(17-20-9-10-20)27(32)21-11-13-23(33-2)14-12-21/h4-8,11-14,20H,3,9-10,15-19H2,1-2H3. The molecule has 33 heavy (non-hydrogen) atoms. The number of fused-ring (bicyclic) bond motifs is 1.